The van der Waals surface area contributed by atoms with Gasteiger partial charge in [-0.1, -0.05) is 44.7 Å². The van der Waals surface area contributed by atoms with E-state index in [1.54, 1.807) is 30.5 Å². The van der Waals surface area contributed by atoms with E-state index in [0.717, 1.165) is 17.7 Å². The highest BCUT2D eigenvalue weighted by molar-refractivity contribution is 5.95. The van der Waals surface area contributed by atoms with Crippen LogP contribution in [0.25, 0.3) is 0 Å². The van der Waals surface area contributed by atoms with Crippen LogP contribution in [0.3, 0.4) is 0 Å². The van der Waals surface area contributed by atoms with E-state index in [1.807, 2.05) is 30.3 Å². The first kappa shape index (κ1) is 20.2. The Morgan fingerprint density at radius 1 is 1.11 bits per heavy atom. The van der Waals surface area contributed by atoms with Gasteiger partial charge in [-0.2, -0.15) is 10.4 Å². The van der Waals surface area contributed by atoms with E-state index in [2.05, 4.69) is 17.5 Å². The first-order valence-electron chi connectivity index (χ1n) is 9.30. The molecule has 0 atom stereocenters. The Balaban J connectivity index is 1.86. The minimum atomic E-state index is -0.329. The fraction of sp³-hybridized carbons (Fsp3) is 0.318. The standard InChI is InChI=1S/C22H25N3O2/c1-2-3-4-5-8-15-27-21-10-7-6-9-20(21)17-24-25-22(26)19-13-11-18(16-23)12-14-19/h6-7,9-14,17H,2-5,8,15H2,1H3,(H,25,26)/b24-17-. The van der Waals surface area contributed by atoms with Gasteiger partial charge in [0.05, 0.1) is 24.5 Å². The molecule has 0 aromatic heterocycles. The van der Waals surface area contributed by atoms with Gasteiger partial charge in [0, 0.05) is 11.1 Å². The van der Waals surface area contributed by atoms with Gasteiger partial charge in [-0.15, -0.1) is 0 Å². The van der Waals surface area contributed by atoms with E-state index in [0.29, 0.717) is 17.7 Å². The fourth-order valence-corrected chi connectivity index (χ4v) is 2.53. The number of ether oxygens (including phenoxy) is 1. The Hall–Kier alpha value is -3.13. The molecule has 140 valence electrons. The summed E-state index contributed by atoms with van der Waals surface area (Å²) in [6, 6.07) is 16.0. The fourth-order valence-electron chi connectivity index (χ4n) is 2.53. The molecule has 0 radical (unpaired) electrons. The predicted octanol–water partition coefficient (Wildman–Crippen LogP) is 4.67. The molecule has 0 aliphatic carbocycles. The van der Waals surface area contributed by atoms with Crippen LogP contribution in [0.4, 0.5) is 0 Å². The number of rotatable bonds is 10. The van der Waals surface area contributed by atoms with Crippen LogP contribution < -0.4 is 10.2 Å². The number of para-hydroxylation sites is 1. The average molecular weight is 363 g/mol. The third-order valence-electron chi connectivity index (χ3n) is 4.07. The molecule has 0 aliphatic heterocycles. The lowest BCUT2D eigenvalue weighted by molar-refractivity contribution is 0.0955. The van der Waals surface area contributed by atoms with E-state index in [9.17, 15) is 4.79 Å². The summed E-state index contributed by atoms with van der Waals surface area (Å²) in [6.07, 6.45) is 7.51. The maximum atomic E-state index is 12.1. The lowest BCUT2D eigenvalue weighted by Crippen LogP contribution is -2.17. The van der Waals surface area contributed by atoms with Crippen molar-refractivity contribution in [1.82, 2.24) is 5.43 Å². The molecule has 27 heavy (non-hydrogen) atoms. The van der Waals surface area contributed by atoms with Gasteiger partial charge in [0.1, 0.15) is 5.75 Å². The molecule has 2 aromatic carbocycles. The second-order valence-corrected chi connectivity index (χ2v) is 6.19. The lowest BCUT2D eigenvalue weighted by atomic mass is 10.1. The molecule has 0 aliphatic rings. The van der Waals surface area contributed by atoms with Crippen molar-refractivity contribution in [2.75, 3.05) is 6.61 Å². The smallest absolute Gasteiger partial charge is 0.271 e. The predicted molar refractivity (Wildman–Crippen MR) is 107 cm³/mol. The lowest BCUT2D eigenvalue weighted by Gasteiger charge is -2.08. The number of amides is 1. The number of carbonyl (C=O) groups is 1. The molecule has 5 heteroatoms. The molecule has 1 amide bonds. The highest BCUT2D eigenvalue weighted by Gasteiger charge is 2.04. The van der Waals surface area contributed by atoms with Gasteiger partial charge < -0.3 is 4.74 Å². The molecule has 0 fully saturated rings. The van der Waals surface area contributed by atoms with Crippen molar-refractivity contribution < 1.29 is 9.53 Å². The van der Waals surface area contributed by atoms with E-state index >= 15 is 0 Å². The van der Waals surface area contributed by atoms with Gasteiger partial charge in [-0.3, -0.25) is 4.79 Å². The van der Waals surface area contributed by atoms with Gasteiger partial charge in [0.25, 0.3) is 5.91 Å². The van der Waals surface area contributed by atoms with Crippen LogP contribution in [0.1, 0.15) is 60.5 Å². The molecule has 0 saturated heterocycles. The van der Waals surface area contributed by atoms with Crippen molar-refractivity contribution in [3.63, 3.8) is 0 Å². The summed E-state index contributed by atoms with van der Waals surface area (Å²) >= 11 is 0. The van der Waals surface area contributed by atoms with Crippen LogP contribution in [-0.4, -0.2) is 18.7 Å². The Kier molecular flexibility index (Phi) is 8.58. The third-order valence-corrected chi connectivity index (χ3v) is 4.07. The van der Waals surface area contributed by atoms with Crippen LogP contribution in [0.5, 0.6) is 5.75 Å². The van der Waals surface area contributed by atoms with Crippen molar-refractivity contribution in [2.24, 2.45) is 5.10 Å². The SMILES string of the molecule is CCCCCCCOc1ccccc1/C=N\NC(=O)c1ccc(C#N)cc1. The van der Waals surface area contributed by atoms with Gasteiger partial charge in [-0.05, 0) is 42.8 Å². The van der Waals surface area contributed by atoms with Crippen molar-refractivity contribution >= 4 is 12.1 Å². The van der Waals surface area contributed by atoms with Gasteiger partial charge >= 0.3 is 0 Å². The summed E-state index contributed by atoms with van der Waals surface area (Å²) in [5.41, 5.74) is 4.26. The van der Waals surface area contributed by atoms with E-state index in [-0.39, 0.29) is 5.91 Å². The number of nitriles is 1. The normalized spacial score (nSPS) is 10.5. The topological polar surface area (TPSA) is 74.5 Å². The quantitative estimate of drug-likeness (QED) is 0.379. The molecule has 2 aromatic rings. The van der Waals surface area contributed by atoms with Gasteiger partial charge in [0.15, 0.2) is 0 Å². The summed E-state index contributed by atoms with van der Waals surface area (Å²) < 4.78 is 5.85. The molecular weight excluding hydrogens is 338 g/mol. The maximum absolute atomic E-state index is 12.1. The first-order valence-corrected chi connectivity index (χ1v) is 9.30. The van der Waals surface area contributed by atoms with Crippen molar-refractivity contribution in [2.45, 2.75) is 39.0 Å². The number of hydrogen-bond acceptors (Lipinski definition) is 4. The summed E-state index contributed by atoms with van der Waals surface area (Å²) in [7, 11) is 0. The van der Waals surface area contributed by atoms with Crippen LogP contribution in [0.15, 0.2) is 53.6 Å². The van der Waals surface area contributed by atoms with E-state index in [4.69, 9.17) is 10.00 Å². The minimum absolute atomic E-state index is 0.329. The monoisotopic (exact) mass is 363 g/mol. The second-order valence-electron chi connectivity index (χ2n) is 6.19. The molecule has 1 N–H and O–H groups in total. The molecule has 2 rings (SSSR count). The van der Waals surface area contributed by atoms with Crippen molar-refractivity contribution in [3.8, 4) is 11.8 Å². The summed E-state index contributed by atoms with van der Waals surface area (Å²) in [4.78, 5) is 12.1. The van der Waals surface area contributed by atoms with Crippen molar-refractivity contribution in [3.05, 3.63) is 65.2 Å². The van der Waals surface area contributed by atoms with E-state index < -0.39 is 0 Å². The molecule has 0 saturated carbocycles. The van der Waals surface area contributed by atoms with Crippen molar-refractivity contribution in [1.29, 1.82) is 5.26 Å². The molecule has 5 nitrogen and oxygen atoms in total. The highest BCUT2D eigenvalue weighted by atomic mass is 16.5. The minimum Gasteiger partial charge on any atom is -0.493 e. The zero-order valence-electron chi connectivity index (χ0n) is 15.6. The number of nitrogens with zero attached hydrogens (tertiary/aromatic N) is 2. The Labute approximate surface area is 160 Å². The molecule has 0 heterocycles. The summed E-state index contributed by atoms with van der Waals surface area (Å²) in [6.45, 7) is 2.87. The molecule has 0 spiro atoms. The zero-order valence-corrected chi connectivity index (χ0v) is 15.6. The molecule has 0 unspecified atom stereocenters. The number of hydrogen-bond donors (Lipinski definition) is 1. The number of hydrazone groups is 1. The highest BCUT2D eigenvalue weighted by Crippen LogP contribution is 2.16. The Morgan fingerprint density at radius 2 is 1.85 bits per heavy atom. The number of nitrogens with one attached hydrogen (secondary N) is 1. The molecule has 0 bridgehead atoms. The largest absolute Gasteiger partial charge is 0.493 e. The third kappa shape index (κ3) is 6.95. The first-order chi connectivity index (χ1) is 13.2. The van der Waals surface area contributed by atoms with Crippen LogP contribution in [0, 0.1) is 11.3 Å². The second kappa shape index (κ2) is 11.5. The summed E-state index contributed by atoms with van der Waals surface area (Å²) in [5, 5.41) is 12.8. The number of unbranched alkanes of at least 4 members (excludes halogenated alkanes) is 4. The zero-order chi connectivity index (χ0) is 19.3. The van der Waals surface area contributed by atoms with Crippen LogP contribution >= 0.6 is 0 Å². The average Bonchev–Trinajstić information content (AvgIpc) is 2.71. The number of benzene rings is 2. The van der Waals surface area contributed by atoms with Gasteiger partial charge in [0.2, 0.25) is 0 Å². The summed E-state index contributed by atoms with van der Waals surface area (Å²) in [5.74, 6) is 0.425. The maximum Gasteiger partial charge on any atom is 0.271 e. The van der Waals surface area contributed by atoms with Crippen LogP contribution in [0.2, 0.25) is 0 Å². The van der Waals surface area contributed by atoms with Crippen LogP contribution in [-0.2, 0) is 0 Å². The molecular formula is C22H25N3O2. The van der Waals surface area contributed by atoms with E-state index in [1.165, 1.54) is 25.7 Å². The Bertz CT molecular complexity index is 792. The number of carbonyl (C=O) groups excluding carboxylic acids is 1. The Morgan fingerprint density at radius 3 is 2.59 bits per heavy atom. The van der Waals surface area contributed by atoms with Gasteiger partial charge in [-0.25, -0.2) is 5.43 Å².